The molecule has 1 rings (SSSR count). The second-order valence-corrected chi connectivity index (χ2v) is 2.81. The van der Waals surface area contributed by atoms with Crippen molar-refractivity contribution in [3.63, 3.8) is 0 Å². The van der Waals surface area contributed by atoms with Crippen LogP contribution in [0.4, 0.5) is 17.6 Å². The van der Waals surface area contributed by atoms with Crippen LogP contribution in [-0.4, -0.2) is 6.36 Å². The Morgan fingerprint density at radius 2 is 2.00 bits per heavy atom. The van der Waals surface area contributed by atoms with E-state index in [1.54, 1.807) is 0 Å². The third kappa shape index (κ3) is 3.75. The van der Waals surface area contributed by atoms with Gasteiger partial charge in [-0.3, -0.25) is 0 Å². The molecule has 2 nitrogen and oxygen atoms in total. The average Bonchev–Trinajstić information content (AvgIpc) is 2.08. The average molecular weight is 223 g/mol. The first kappa shape index (κ1) is 11.8. The van der Waals surface area contributed by atoms with Gasteiger partial charge in [0.05, 0.1) is 6.54 Å². The molecule has 15 heavy (non-hydrogen) atoms. The third-order valence-electron chi connectivity index (χ3n) is 1.60. The van der Waals surface area contributed by atoms with Gasteiger partial charge in [-0.25, -0.2) is 4.39 Å². The van der Waals surface area contributed by atoms with Gasteiger partial charge in [0.25, 0.3) is 0 Å². The van der Waals surface area contributed by atoms with Crippen molar-refractivity contribution in [1.82, 2.24) is 0 Å². The highest BCUT2D eigenvalue weighted by molar-refractivity contribution is 5.29. The highest BCUT2D eigenvalue weighted by Gasteiger charge is 2.32. The molecular formula is C9H9F4NO. The van der Waals surface area contributed by atoms with Crippen molar-refractivity contribution >= 4 is 0 Å². The van der Waals surface area contributed by atoms with E-state index in [0.717, 1.165) is 12.1 Å². The van der Waals surface area contributed by atoms with Crippen molar-refractivity contribution in [1.29, 1.82) is 0 Å². The molecule has 0 aliphatic rings. The standard InChI is InChI=1S/C9H9F4NO/c1-14-5-6-2-3-8(7(10)4-6)15-9(11,12)13/h2-4H,1,5,14H2. The SMILES string of the molecule is [CH2-][NH2+]Cc1ccc(OC(F)(F)F)c(F)c1. The zero-order valence-corrected chi connectivity index (χ0v) is 7.64. The van der Waals surface area contributed by atoms with E-state index in [2.05, 4.69) is 11.8 Å². The Labute approximate surface area is 83.9 Å². The van der Waals surface area contributed by atoms with Crippen molar-refractivity contribution in [2.75, 3.05) is 0 Å². The lowest BCUT2D eigenvalue weighted by atomic mass is 10.2. The number of hydrogen-bond acceptors (Lipinski definition) is 1. The maximum absolute atomic E-state index is 13.0. The summed E-state index contributed by atoms with van der Waals surface area (Å²) in [7, 11) is 3.43. The van der Waals surface area contributed by atoms with Crippen LogP contribution >= 0.6 is 0 Å². The minimum Gasteiger partial charge on any atom is -0.475 e. The molecule has 6 heteroatoms. The molecular weight excluding hydrogens is 214 g/mol. The van der Waals surface area contributed by atoms with Gasteiger partial charge in [0, 0.05) is 5.56 Å². The van der Waals surface area contributed by atoms with E-state index in [4.69, 9.17) is 0 Å². The molecule has 2 N–H and O–H groups in total. The maximum Gasteiger partial charge on any atom is 0.573 e. The van der Waals surface area contributed by atoms with Crippen LogP contribution in [-0.2, 0) is 6.54 Å². The van der Waals surface area contributed by atoms with Crippen LogP contribution in [0.5, 0.6) is 5.75 Å². The fourth-order valence-electron chi connectivity index (χ4n) is 1.05. The van der Waals surface area contributed by atoms with Gasteiger partial charge in [0.2, 0.25) is 0 Å². The first-order chi connectivity index (χ1) is 6.92. The van der Waals surface area contributed by atoms with Crippen LogP contribution in [0.2, 0.25) is 0 Å². The lowest BCUT2D eigenvalue weighted by molar-refractivity contribution is -0.612. The van der Waals surface area contributed by atoms with Gasteiger partial charge >= 0.3 is 6.36 Å². The number of benzene rings is 1. The Hall–Kier alpha value is -1.30. The number of ether oxygens (including phenoxy) is 1. The summed E-state index contributed by atoms with van der Waals surface area (Å²) in [6, 6.07) is 3.29. The topological polar surface area (TPSA) is 25.8 Å². The van der Waals surface area contributed by atoms with Crippen molar-refractivity contribution in [3.05, 3.63) is 36.6 Å². The fraction of sp³-hybridized carbons (Fsp3) is 0.222. The van der Waals surface area contributed by atoms with Gasteiger partial charge in [0.1, 0.15) is 0 Å². The molecule has 0 radical (unpaired) electrons. The molecule has 0 saturated heterocycles. The summed E-state index contributed by atoms with van der Waals surface area (Å²) < 4.78 is 51.8. The minimum atomic E-state index is -4.87. The predicted octanol–water partition coefficient (Wildman–Crippen LogP) is 1.58. The van der Waals surface area contributed by atoms with E-state index in [0.29, 0.717) is 12.1 Å². The number of hydrogen-bond donors (Lipinski definition) is 1. The maximum atomic E-state index is 13.0. The summed E-state index contributed by atoms with van der Waals surface area (Å²) in [6.45, 7) is 0.392. The second kappa shape index (κ2) is 4.48. The third-order valence-corrected chi connectivity index (χ3v) is 1.60. The van der Waals surface area contributed by atoms with Crippen molar-refractivity contribution in [3.8, 4) is 5.75 Å². The van der Waals surface area contributed by atoms with Gasteiger partial charge in [-0.15, -0.1) is 13.2 Å². The number of rotatable bonds is 3. The van der Waals surface area contributed by atoms with E-state index in [9.17, 15) is 17.6 Å². The van der Waals surface area contributed by atoms with Gasteiger partial charge in [-0.05, 0) is 18.2 Å². The van der Waals surface area contributed by atoms with E-state index < -0.39 is 17.9 Å². The molecule has 0 amide bonds. The molecule has 0 unspecified atom stereocenters. The molecule has 0 heterocycles. The number of nitrogens with two attached hydrogens (primary N) is 1. The normalized spacial score (nSPS) is 11.5. The Morgan fingerprint density at radius 3 is 2.47 bits per heavy atom. The molecule has 0 aliphatic heterocycles. The van der Waals surface area contributed by atoms with E-state index in [-0.39, 0.29) is 0 Å². The molecule has 1 aromatic carbocycles. The minimum absolute atomic E-state index is 0.392. The smallest absolute Gasteiger partial charge is 0.475 e. The molecule has 0 atom stereocenters. The first-order valence-electron chi connectivity index (χ1n) is 4.07. The molecule has 1 aromatic rings. The fourth-order valence-corrected chi connectivity index (χ4v) is 1.05. The second-order valence-electron chi connectivity index (χ2n) is 2.81. The molecule has 0 fully saturated rings. The molecule has 0 aromatic heterocycles. The van der Waals surface area contributed by atoms with E-state index in [1.807, 2.05) is 0 Å². The van der Waals surface area contributed by atoms with Crippen molar-refractivity contribution in [2.45, 2.75) is 12.9 Å². The molecule has 84 valence electrons. The van der Waals surface area contributed by atoms with Crippen LogP contribution in [0.15, 0.2) is 18.2 Å². The quantitative estimate of drug-likeness (QED) is 0.611. The van der Waals surface area contributed by atoms with Crippen molar-refractivity contribution in [2.24, 2.45) is 0 Å². The summed E-state index contributed by atoms with van der Waals surface area (Å²) >= 11 is 0. The predicted molar refractivity (Wildman–Crippen MR) is 44.1 cm³/mol. The summed E-state index contributed by atoms with van der Waals surface area (Å²) in [4.78, 5) is 0. The Kier molecular flexibility index (Phi) is 3.52. The summed E-state index contributed by atoms with van der Waals surface area (Å²) in [5, 5.41) is 1.53. The summed E-state index contributed by atoms with van der Waals surface area (Å²) in [5.74, 6) is -1.86. The molecule has 0 saturated carbocycles. The molecule has 0 bridgehead atoms. The van der Waals surface area contributed by atoms with Gasteiger partial charge in [0.15, 0.2) is 11.6 Å². The summed E-state index contributed by atoms with van der Waals surface area (Å²) in [5.41, 5.74) is 0.539. The van der Waals surface area contributed by atoms with E-state index in [1.165, 1.54) is 11.4 Å². The van der Waals surface area contributed by atoms with Crippen molar-refractivity contribution < 1.29 is 27.6 Å². The van der Waals surface area contributed by atoms with Gasteiger partial charge in [-0.1, -0.05) is 0 Å². The van der Waals surface area contributed by atoms with Crippen LogP contribution in [0.3, 0.4) is 0 Å². The Balaban J connectivity index is 2.84. The van der Waals surface area contributed by atoms with Gasteiger partial charge < -0.3 is 10.1 Å². The Bertz CT molecular complexity index is 337. The number of halogens is 4. The Morgan fingerprint density at radius 1 is 1.33 bits per heavy atom. The monoisotopic (exact) mass is 223 g/mol. The largest absolute Gasteiger partial charge is 0.573 e. The highest BCUT2D eigenvalue weighted by atomic mass is 19.4. The summed E-state index contributed by atoms with van der Waals surface area (Å²) in [6.07, 6.45) is -4.87. The number of alkyl halides is 3. The van der Waals surface area contributed by atoms with Gasteiger partial charge in [-0.2, -0.15) is 7.05 Å². The van der Waals surface area contributed by atoms with Crippen LogP contribution in [0.1, 0.15) is 5.56 Å². The lowest BCUT2D eigenvalue weighted by Gasteiger charge is -2.10. The highest BCUT2D eigenvalue weighted by Crippen LogP contribution is 2.25. The van der Waals surface area contributed by atoms with E-state index >= 15 is 0 Å². The molecule has 0 spiro atoms. The zero-order valence-electron chi connectivity index (χ0n) is 7.64. The van der Waals surface area contributed by atoms with Crippen LogP contribution in [0, 0.1) is 12.9 Å². The number of quaternary nitrogens is 1. The zero-order chi connectivity index (χ0) is 11.5. The van der Waals surface area contributed by atoms with Crippen LogP contribution < -0.4 is 10.1 Å². The van der Waals surface area contributed by atoms with Crippen LogP contribution in [0.25, 0.3) is 0 Å². The lowest BCUT2D eigenvalue weighted by Crippen LogP contribution is -2.74. The first-order valence-corrected chi connectivity index (χ1v) is 4.07. The molecule has 0 aliphatic carbocycles.